The van der Waals surface area contributed by atoms with Crippen molar-refractivity contribution in [1.82, 2.24) is 19.7 Å². The molecule has 0 N–H and O–H groups in total. The molecule has 0 amide bonds. The van der Waals surface area contributed by atoms with Crippen LogP contribution in [0.1, 0.15) is 22.7 Å². The summed E-state index contributed by atoms with van der Waals surface area (Å²) in [7, 11) is 1.72. The van der Waals surface area contributed by atoms with Crippen LogP contribution in [0, 0.1) is 0 Å². The summed E-state index contributed by atoms with van der Waals surface area (Å²) < 4.78 is 7.30. The number of ether oxygens (including phenoxy) is 1. The van der Waals surface area contributed by atoms with Crippen LogP contribution in [0.2, 0.25) is 0 Å². The molecule has 1 aliphatic rings. The lowest BCUT2D eigenvalue weighted by Gasteiger charge is -2.37. The van der Waals surface area contributed by atoms with Crippen molar-refractivity contribution >= 4 is 0 Å². The van der Waals surface area contributed by atoms with Crippen molar-refractivity contribution in [2.75, 3.05) is 13.7 Å². The van der Waals surface area contributed by atoms with Crippen LogP contribution in [0.3, 0.4) is 0 Å². The first-order chi connectivity index (χ1) is 12.3. The summed E-state index contributed by atoms with van der Waals surface area (Å²) in [6, 6.07) is 17.6. The molecule has 2 heterocycles. The lowest BCUT2D eigenvalue weighted by Crippen LogP contribution is -2.36. The van der Waals surface area contributed by atoms with E-state index in [-0.39, 0.29) is 0 Å². The van der Waals surface area contributed by atoms with E-state index in [1.165, 1.54) is 16.7 Å². The van der Waals surface area contributed by atoms with E-state index in [1.54, 1.807) is 19.8 Å². The van der Waals surface area contributed by atoms with Crippen LogP contribution >= 0.6 is 0 Å². The first-order valence-electron chi connectivity index (χ1n) is 8.60. The third-order valence-corrected chi connectivity index (χ3v) is 4.91. The quantitative estimate of drug-likeness (QED) is 0.719. The van der Waals surface area contributed by atoms with Gasteiger partial charge in [0.25, 0.3) is 0 Å². The molecular formula is C20H22N4O. The van der Waals surface area contributed by atoms with Gasteiger partial charge in [-0.05, 0) is 35.2 Å². The van der Waals surface area contributed by atoms with Gasteiger partial charge in [-0.15, -0.1) is 0 Å². The molecule has 0 bridgehead atoms. The van der Waals surface area contributed by atoms with Gasteiger partial charge in [-0.2, -0.15) is 5.10 Å². The number of fused-ring (bicyclic) bond motifs is 1. The molecule has 0 saturated carbocycles. The highest BCUT2D eigenvalue weighted by atomic mass is 16.5. The van der Waals surface area contributed by atoms with Crippen molar-refractivity contribution in [3.8, 4) is 5.75 Å². The third kappa shape index (κ3) is 3.42. The van der Waals surface area contributed by atoms with Gasteiger partial charge >= 0.3 is 0 Å². The van der Waals surface area contributed by atoms with Gasteiger partial charge < -0.3 is 4.74 Å². The Labute approximate surface area is 147 Å². The zero-order chi connectivity index (χ0) is 17.1. The minimum absolute atomic E-state index is 0.380. The van der Waals surface area contributed by atoms with E-state index >= 15 is 0 Å². The second kappa shape index (κ2) is 7.07. The highest BCUT2D eigenvalue weighted by molar-refractivity contribution is 5.39. The van der Waals surface area contributed by atoms with Crippen LogP contribution in [0.4, 0.5) is 0 Å². The van der Waals surface area contributed by atoms with Crippen LogP contribution in [-0.4, -0.2) is 33.3 Å². The molecule has 0 aliphatic carbocycles. The molecule has 1 aromatic heterocycles. The van der Waals surface area contributed by atoms with E-state index in [4.69, 9.17) is 4.74 Å². The molecule has 0 fully saturated rings. The lowest BCUT2D eigenvalue weighted by molar-refractivity contribution is 0.163. The molecule has 3 aromatic rings. The Balaban J connectivity index is 1.61. The highest BCUT2D eigenvalue weighted by Crippen LogP contribution is 2.34. The minimum Gasteiger partial charge on any atom is -0.497 e. The van der Waals surface area contributed by atoms with Crippen LogP contribution in [-0.2, 0) is 19.5 Å². The monoisotopic (exact) mass is 334 g/mol. The Bertz CT molecular complexity index is 817. The first kappa shape index (κ1) is 15.8. The van der Waals surface area contributed by atoms with Crippen molar-refractivity contribution in [2.24, 2.45) is 0 Å². The van der Waals surface area contributed by atoms with Crippen LogP contribution < -0.4 is 4.74 Å². The lowest BCUT2D eigenvalue weighted by atomic mass is 9.89. The Morgan fingerprint density at radius 3 is 2.72 bits per heavy atom. The van der Waals surface area contributed by atoms with Crippen LogP contribution in [0.15, 0.2) is 61.2 Å². The topological polar surface area (TPSA) is 43.2 Å². The van der Waals surface area contributed by atoms with Crippen molar-refractivity contribution in [3.05, 3.63) is 77.9 Å². The summed E-state index contributed by atoms with van der Waals surface area (Å²) >= 11 is 0. The largest absolute Gasteiger partial charge is 0.497 e. The van der Waals surface area contributed by atoms with Crippen molar-refractivity contribution in [3.63, 3.8) is 0 Å². The third-order valence-electron chi connectivity index (χ3n) is 4.91. The van der Waals surface area contributed by atoms with Gasteiger partial charge in [-0.25, -0.2) is 4.98 Å². The SMILES string of the molecule is COc1ccc2c(c1)CN(CCn1cncn1)[C@@H](c1ccccc1)C2. The van der Waals surface area contributed by atoms with E-state index in [9.17, 15) is 0 Å². The Hall–Kier alpha value is -2.66. The fraction of sp³-hybridized carbons (Fsp3) is 0.300. The second-order valence-electron chi connectivity index (χ2n) is 6.39. The summed E-state index contributed by atoms with van der Waals surface area (Å²) in [6.07, 6.45) is 4.38. The number of aromatic nitrogens is 3. The van der Waals surface area contributed by atoms with Gasteiger partial charge in [0.05, 0.1) is 13.7 Å². The summed E-state index contributed by atoms with van der Waals surface area (Å²) in [4.78, 5) is 6.57. The highest BCUT2D eigenvalue weighted by Gasteiger charge is 2.27. The van der Waals surface area contributed by atoms with E-state index in [2.05, 4.69) is 63.5 Å². The van der Waals surface area contributed by atoms with E-state index in [0.29, 0.717) is 6.04 Å². The average molecular weight is 334 g/mol. The zero-order valence-electron chi connectivity index (χ0n) is 14.4. The molecule has 2 aromatic carbocycles. The van der Waals surface area contributed by atoms with E-state index in [1.807, 2.05) is 4.68 Å². The second-order valence-corrected chi connectivity index (χ2v) is 6.39. The Morgan fingerprint density at radius 2 is 1.96 bits per heavy atom. The number of hydrogen-bond acceptors (Lipinski definition) is 4. The molecule has 25 heavy (non-hydrogen) atoms. The summed E-state index contributed by atoms with van der Waals surface area (Å²) in [5.41, 5.74) is 4.12. The number of benzene rings is 2. The smallest absolute Gasteiger partial charge is 0.137 e. The first-order valence-corrected chi connectivity index (χ1v) is 8.60. The predicted octanol–water partition coefficient (Wildman–Crippen LogP) is 3.09. The summed E-state index contributed by atoms with van der Waals surface area (Å²) in [6.45, 7) is 2.68. The molecule has 4 rings (SSSR count). The van der Waals surface area contributed by atoms with Crippen LogP contribution in [0.5, 0.6) is 5.75 Å². The Morgan fingerprint density at radius 1 is 1.08 bits per heavy atom. The Kier molecular flexibility index (Phi) is 4.48. The number of hydrogen-bond donors (Lipinski definition) is 0. The maximum absolute atomic E-state index is 5.40. The molecule has 1 aliphatic heterocycles. The molecular weight excluding hydrogens is 312 g/mol. The molecule has 0 radical (unpaired) electrons. The van der Waals surface area contributed by atoms with Crippen LogP contribution in [0.25, 0.3) is 0 Å². The summed E-state index contributed by atoms with van der Waals surface area (Å²) in [5.74, 6) is 0.924. The van der Waals surface area contributed by atoms with Gasteiger partial charge in [-0.1, -0.05) is 36.4 Å². The van der Waals surface area contributed by atoms with Gasteiger partial charge in [0.15, 0.2) is 0 Å². The maximum Gasteiger partial charge on any atom is 0.137 e. The predicted molar refractivity (Wildman–Crippen MR) is 96.3 cm³/mol. The van der Waals surface area contributed by atoms with Gasteiger partial charge in [0.2, 0.25) is 0 Å². The number of nitrogens with zero attached hydrogens (tertiary/aromatic N) is 4. The standard InChI is InChI=1S/C20H22N4O/c1-25-19-8-7-17-12-20(16-5-3-2-4-6-16)23(13-18(17)11-19)9-10-24-15-21-14-22-24/h2-8,11,14-15,20H,9-10,12-13H2,1H3/t20-/m1/s1. The maximum atomic E-state index is 5.40. The number of methoxy groups -OCH3 is 1. The van der Waals surface area contributed by atoms with E-state index in [0.717, 1.165) is 31.8 Å². The molecule has 5 heteroatoms. The van der Waals surface area contributed by atoms with Gasteiger partial charge in [-0.3, -0.25) is 9.58 Å². The molecule has 128 valence electrons. The van der Waals surface area contributed by atoms with E-state index < -0.39 is 0 Å². The minimum atomic E-state index is 0.380. The van der Waals surface area contributed by atoms with Crippen molar-refractivity contribution < 1.29 is 4.74 Å². The normalized spacial score (nSPS) is 17.2. The zero-order valence-corrected chi connectivity index (χ0v) is 14.4. The fourth-order valence-corrected chi connectivity index (χ4v) is 3.56. The van der Waals surface area contributed by atoms with Gasteiger partial charge in [0.1, 0.15) is 18.4 Å². The molecule has 5 nitrogen and oxygen atoms in total. The fourth-order valence-electron chi connectivity index (χ4n) is 3.56. The molecule has 0 saturated heterocycles. The molecule has 0 spiro atoms. The average Bonchev–Trinajstić information content (AvgIpc) is 3.19. The molecule has 1 atom stereocenters. The summed E-state index contributed by atoms with van der Waals surface area (Å²) in [5, 5.41) is 4.23. The van der Waals surface area contributed by atoms with Gasteiger partial charge in [0, 0.05) is 19.1 Å². The number of rotatable bonds is 5. The molecule has 0 unspecified atom stereocenters. The van der Waals surface area contributed by atoms with Crippen molar-refractivity contribution in [2.45, 2.75) is 25.6 Å². The van der Waals surface area contributed by atoms with Crippen molar-refractivity contribution in [1.29, 1.82) is 0 Å².